The zero-order chi connectivity index (χ0) is 22.8. The van der Waals surface area contributed by atoms with E-state index in [2.05, 4.69) is 30.6 Å². The van der Waals surface area contributed by atoms with Gasteiger partial charge in [-0.1, -0.05) is 6.92 Å². The second-order valence-corrected chi connectivity index (χ2v) is 9.47. The topological polar surface area (TPSA) is 102 Å². The van der Waals surface area contributed by atoms with Crippen LogP contribution in [0.5, 0.6) is 0 Å². The fourth-order valence-electron chi connectivity index (χ4n) is 3.84. The summed E-state index contributed by atoms with van der Waals surface area (Å²) in [5, 5.41) is 14.1. The summed E-state index contributed by atoms with van der Waals surface area (Å²) in [6.45, 7) is 8.21. The first-order chi connectivity index (χ1) is 16.1. The van der Waals surface area contributed by atoms with Crippen LogP contribution in [0.2, 0.25) is 0 Å². The molecule has 2 aromatic heterocycles. The van der Waals surface area contributed by atoms with Gasteiger partial charge >= 0.3 is 0 Å². The Labute approximate surface area is 197 Å². The molecule has 0 unspecified atom stereocenters. The Bertz CT molecular complexity index is 1120. The van der Waals surface area contributed by atoms with Crippen molar-refractivity contribution in [2.45, 2.75) is 42.8 Å². The van der Waals surface area contributed by atoms with E-state index >= 15 is 0 Å². The number of hydrogen-bond donors (Lipinski definition) is 3. The number of aromatic nitrogens is 4. The molecule has 0 atom stereocenters. The first kappa shape index (κ1) is 21.7. The minimum absolute atomic E-state index is 0.00170. The lowest BCUT2D eigenvalue weighted by Gasteiger charge is -2.49. The number of hydrogen-bond acceptors (Lipinski definition) is 8. The van der Waals surface area contributed by atoms with Crippen LogP contribution in [-0.2, 0) is 4.79 Å². The Balaban J connectivity index is 1.33. The minimum Gasteiger partial charge on any atom is -0.353 e. The molecule has 0 spiro atoms. The lowest BCUT2D eigenvalue weighted by molar-refractivity contribution is -0.115. The summed E-state index contributed by atoms with van der Waals surface area (Å²) in [6, 6.07) is 12.3. The third-order valence-electron chi connectivity index (χ3n) is 5.92. The molecule has 2 saturated heterocycles. The highest BCUT2D eigenvalue weighted by atomic mass is 32.2. The number of aryl methyl sites for hydroxylation is 1. The van der Waals surface area contributed by atoms with Crippen molar-refractivity contribution >= 4 is 40.8 Å². The SMILES string of the molecule is CCC(=O)Nc1ccc(Sc2nc(Nc3cc(C)[nH]n3)cc(N3CC(N4CCC4)C3)n2)cc1. The van der Waals surface area contributed by atoms with Crippen LogP contribution in [0.3, 0.4) is 0 Å². The molecule has 3 aromatic rings. The highest BCUT2D eigenvalue weighted by Gasteiger charge is 2.35. The number of benzene rings is 1. The largest absolute Gasteiger partial charge is 0.353 e. The fourth-order valence-corrected chi connectivity index (χ4v) is 4.60. The fraction of sp³-hybridized carbons (Fsp3) is 0.391. The van der Waals surface area contributed by atoms with Crippen LogP contribution in [0, 0.1) is 6.92 Å². The van der Waals surface area contributed by atoms with E-state index in [1.807, 2.05) is 50.2 Å². The summed E-state index contributed by atoms with van der Waals surface area (Å²) in [6.07, 6.45) is 1.76. The van der Waals surface area contributed by atoms with Gasteiger partial charge in [0.05, 0.1) is 0 Å². The molecule has 2 fully saturated rings. The summed E-state index contributed by atoms with van der Waals surface area (Å²) in [5.74, 6) is 2.37. The molecule has 5 rings (SSSR count). The molecular formula is C23H28N8OS. The van der Waals surface area contributed by atoms with Gasteiger partial charge in [-0.05, 0) is 62.5 Å². The molecule has 4 heterocycles. The van der Waals surface area contributed by atoms with Crippen LogP contribution in [-0.4, -0.2) is 63.2 Å². The van der Waals surface area contributed by atoms with Gasteiger partial charge in [-0.3, -0.25) is 14.8 Å². The van der Waals surface area contributed by atoms with Crippen LogP contribution < -0.4 is 15.5 Å². The monoisotopic (exact) mass is 464 g/mol. The van der Waals surface area contributed by atoms with E-state index < -0.39 is 0 Å². The van der Waals surface area contributed by atoms with Crippen LogP contribution in [0.1, 0.15) is 25.5 Å². The maximum atomic E-state index is 11.6. The van der Waals surface area contributed by atoms with Crippen molar-refractivity contribution in [3.05, 3.63) is 42.1 Å². The number of aromatic amines is 1. The molecule has 10 heteroatoms. The summed E-state index contributed by atoms with van der Waals surface area (Å²) in [5.41, 5.74) is 1.77. The molecule has 172 valence electrons. The van der Waals surface area contributed by atoms with E-state index in [1.54, 1.807) is 0 Å². The summed E-state index contributed by atoms with van der Waals surface area (Å²) in [7, 11) is 0. The third kappa shape index (κ3) is 5.12. The normalized spacial score (nSPS) is 16.2. The number of rotatable bonds is 8. The molecular weight excluding hydrogens is 436 g/mol. The Morgan fingerprint density at radius 3 is 2.58 bits per heavy atom. The van der Waals surface area contributed by atoms with Gasteiger partial charge < -0.3 is 15.5 Å². The van der Waals surface area contributed by atoms with Crippen molar-refractivity contribution in [1.82, 2.24) is 25.1 Å². The zero-order valence-corrected chi connectivity index (χ0v) is 19.7. The first-order valence-corrected chi connectivity index (χ1v) is 12.1. The Morgan fingerprint density at radius 1 is 1.15 bits per heavy atom. The van der Waals surface area contributed by atoms with E-state index in [1.165, 1.54) is 31.3 Å². The number of amides is 1. The molecule has 9 nitrogen and oxygen atoms in total. The number of carbonyl (C=O) groups excluding carboxylic acids is 1. The van der Waals surface area contributed by atoms with Crippen molar-refractivity contribution in [2.75, 3.05) is 41.7 Å². The highest BCUT2D eigenvalue weighted by molar-refractivity contribution is 7.99. The van der Waals surface area contributed by atoms with Crippen LogP contribution in [0.4, 0.5) is 23.1 Å². The molecule has 1 aromatic carbocycles. The molecule has 0 aliphatic carbocycles. The van der Waals surface area contributed by atoms with E-state index in [4.69, 9.17) is 9.97 Å². The molecule has 0 bridgehead atoms. The second-order valence-electron chi connectivity index (χ2n) is 8.43. The van der Waals surface area contributed by atoms with Gasteiger partial charge in [0.2, 0.25) is 5.91 Å². The third-order valence-corrected chi connectivity index (χ3v) is 6.79. The van der Waals surface area contributed by atoms with Gasteiger partial charge in [0.15, 0.2) is 11.0 Å². The molecule has 0 saturated carbocycles. The number of nitrogens with one attached hydrogen (secondary N) is 3. The van der Waals surface area contributed by atoms with E-state index in [0.29, 0.717) is 23.4 Å². The molecule has 33 heavy (non-hydrogen) atoms. The van der Waals surface area contributed by atoms with Crippen LogP contribution in [0.15, 0.2) is 46.5 Å². The van der Waals surface area contributed by atoms with Crippen molar-refractivity contribution in [2.24, 2.45) is 0 Å². The summed E-state index contributed by atoms with van der Waals surface area (Å²) >= 11 is 1.50. The lowest BCUT2D eigenvalue weighted by atomic mass is 10.0. The number of nitrogens with zero attached hydrogens (tertiary/aromatic N) is 5. The highest BCUT2D eigenvalue weighted by Crippen LogP contribution is 2.32. The molecule has 0 radical (unpaired) electrons. The van der Waals surface area contributed by atoms with Crippen LogP contribution >= 0.6 is 11.8 Å². The average molecular weight is 465 g/mol. The summed E-state index contributed by atoms with van der Waals surface area (Å²) < 4.78 is 0. The molecule has 2 aliphatic rings. The Hall–Kier alpha value is -3.11. The molecule has 3 N–H and O–H groups in total. The standard InChI is InChI=1S/C23H28N8OS/c1-3-22(32)24-16-5-7-18(8-6-16)33-23-26-19(25-20-11-15(2)28-29-20)12-21(27-23)31-13-17(14-31)30-9-4-10-30/h5-8,11-12,17H,3-4,9-10,13-14H2,1-2H3,(H,24,32)(H2,25,26,27,28,29). The number of anilines is 4. The lowest BCUT2D eigenvalue weighted by Crippen LogP contribution is -2.63. The first-order valence-electron chi connectivity index (χ1n) is 11.3. The van der Waals surface area contributed by atoms with Gasteiger partial charge in [0.1, 0.15) is 11.6 Å². The van der Waals surface area contributed by atoms with E-state index in [0.717, 1.165) is 41.0 Å². The van der Waals surface area contributed by atoms with Gasteiger partial charge in [0.25, 0.3) is 0 Å². The van der Waals surface area contributed by atoms with Gasteiger partial charge in [0, 0.05) is 54.0 Å². The Morgan fingerprint density at radius 2 is 1.94 bits per heavy atom. The van der Waals surface area contributed by atoms with E-state index in [-0.39, 0.29) is 5.91 Å². The molecule has 1 amide bonds. The van der Waals surface area contributed by atoms with Crippen molar-refractivity contribution < 1.29 is 4.79 Å². The molecule has 2 aliphatic heterocycles. The van der Waals surface area contributed by atoms with Crippen molar-refractivity contribution in [3.63, 3.8) is 0 Å². The van der Waals surface area contributed by atoms with E-state index in [9.17, 15) is 4.79 Å². The minimum atomic E-state index is 0.00170. The number of carbonyl (C=O) groups is 1. The zero-order valence-electron chi connectivity index (χ0n) is 18.8. The van der Waals surface area contributed by atoms with Crippen LogP contribution in [0.25, 0.3) is 0 Å². The smallest absolute Gasteiger partial charge is 0.224 e. The maximum absolute atomic E-state index is 11.6. The van der Waals surface area contributed by atoms with Crippen molar-refractivity contribution in [3.8, 4) is 0 Å². The Kier molecular flexibility index (Phi) is 6.19. The second kappa shape index (κ2) is 9.40. The van der Waals surface area contributed by atoms with Gasteiger partial charge in [-0.15, -0.1) is 0 Å². The number of H-pyrrole nitrogens is 1. The number of likely N-dealkylation sites (tertiary alicyclic amines) is 1. The van der Waals surface area contributed by atoms with Crippen molar-refractivity contribution in [1.29, 1.82) is 0 Å². The average Bonchev–Trinajstić information content (AvgIpc) is 3.14. The predicted molar refractivity (Wildman–Crippen MR) is 130 cm³/mol. The van der Waals surface area contributed by atoms with Gasteiger partial charge in [-0.2, -0.15) is 5.10 Å². The quantitative estimate of drug-likeness (QED) is 0.434. The maximum Gasteiger partial charge on any atom is 0.224 e. The van der Waals surface area contributed by atoms with Gasteiger partial charge in [-0.25, -0.2) is 9.97 Å². The predicted octanol–water partition coefficient (Wildman–Crippen LogP) is 3.65. The summed E-state index contributed by atoms with van der Waals surface area (Å²) in [4.78, 5) is 27.0.